The molecule has 1 aromatic rings. The third kappa shape index (κ3) is 0.595. The number of anilines is 1. The summed E-state index contributed by atoms with van der Waals surface area (Å²) >= 11 is 0. The third-order valence-electron chi connectivity index (χ3n) is 2.86. The minimum atomic E-state index is 0.504. The molecule has 56 valence electrons. The fourth-order valence-corrected chi connectivity index (χ4v) is 1.93. The molecule has 1 saturated carbocycles. The number of fused-ring (bicyclic) bond motifs is 2. The van der Waals surface area contributed by atoms with E-state index in [-0.39, 0.29) is 0 Å². The van der Waals surface area contributed by atoms with Crippen LogP contribution in [0, 0.1) is 0 Å². The number of rotatable bonds is 0. The van der Waals surface area contributed by atoms with Gasteiger partial charge in [-0.1, -0.05) is 0 Å². The Labute approximate surface area is 65.6 Å². The van der Waals surface area contributed by atoms with E-state index in [1.165, 1.54) is 24.1 Å². The van der Waals surface area contributed by atoms with Crippen molar-refractivity contribution >= 4 is 5.69 Å². The van der Waals surface area contributed by atoms with Crippen molar-refractivity contribution in [1.82, 2.24) is 4.98 Å². The highest BCUT2D eigenvalue weighted by atomic mass is 15.0. The normalized spacial score (nSPS) is 22.9. The van der Waals surface area contributed by atoms with Gasteiger partial charge in [-0.25, -0.2) is 0 Å². The molecule has 1 aliphatic carbocycles. The Kier molecular flexibility index (Phi) is 0.799. The van der Waals surface area contributed by atoms with Crippen LogP contribution < -0.4 is 5.32 Å². The second-order valence-corrected chi connectivity index (χ2v) is 3.56. The molecule has 0 saturated heterocycles. The monoisotopic (exact) mass is 146 g/mol. The molecule has 0 amide bonds. The van der Waals surface area contributed by atoms with Gasteiger partial charge in [-0.15, -0.1) is 0 Å². The molecule has 1 aliphatic heterocycles. The molecular weight excluding hydrogens is 136 g/mol. The average Bonchev–Trinajstić information content (AvgIpc) is 2.72. The number of nitrogens with zero attached hydrogens (tertiary/aromatic N) is 1. The van der Waals surface area contributed by atoms with Gasteiger partial charge >= 0.3 is 0 Å². The van der Waals surface area contributed by atoms with E-state index in [9.17, 15) is 0 Å². The van der Waals surface area contributed by atoms with E-state index in [0.717, 1.165) is 6.54 Å². The molecular formula is C9H10N2. The van der Waals surface area contributed by atoms with Crippen molar-refractivity contribution in [2.75, 3.05) is 11.9 Å². The molecule has 1 aromatic heterocycles. The molecule has 11 heavy (non-hydrogen) atoms. The van der Waals surface area contributed by atoms with Crippen molar-refractivity contribution in [3.8, 4) is 0 Å². The maximum atomic E-state index is 4.15. The van der Waals surface area contributed by atoms with Crippen molar-refractivity contribution in [2.24, 2.45) is 0 Å². The second kappa shape index (κ2) is 1.58. The zero-order valence-electron chi connectivity index (χ0n) is 6.30. The van der Waals surface area contributed by atoms with Gasteiger partial charge in [-0.05, 0) is 18.9 Å². The van der Waals surface area contributed by atoms with Crippen LogP contribution in [0.1, 0.15) is 18.4 Å². The number of nitrogens with one attached hydrogen (secondary N) is 1. The van der Waals surface area contributed by atoms with E-state index < -0.39 is 0 Å². The average molecular weight is 146 g/mol. The maximum Gasteiger partial charge on any atom is 0.0410 e. The zero-order chi connectivity index (χ0) is 7.31. The number of pyridine rings is 1. The molecule has 0 radical (unpaired) electrons. The molecule has 1 fully saturated rings. The summed E-state index contributed by atoms with van der Waals surface area (Å²) in [5.74, 6) is 0. The Morgan fingerprint density at radius 3 is 3.18 bits per heavy atom. The van der Waals surface area contributed by atoms with Crippen molar-refractivity contribution in [3.63, 3.8) is 0 Å². The van der Waals surface area contributed by atoms with Crippen LogP contribution in [0.5, 0.6) is 0 Å². The Morgan fingerprint density at radius 2 is 2.36 bits per heavy atom. The van der Waals surface area contributed by atoms with Crippen LogP contribution in [-0.4, -0.2) is 11.5 Å². The minimum Gasteiger partial charge on any atom is -0.384 e. The molecule has 0 aromatic carbocycles. The van der Waals surface area contributed by atoms with E-state index in [2.05, 4.69) is 16.4 Å². The summed E-state index contributed by atoms with van der Waals surface area (Å²) in [4.78, 5) is 4.15. The van der Waals surface area contributed by atoms with Gasteiger partial charge in [-0.3, -0.25) is 4.98 Å². The lowest BCUT2D eigenvalue weighted by atomic mass is 10.0. The van der Waals surface area contributed by atoms with Gasteiger partial charge in [0.2, 0.25) is 0 Å². The Hall–Kier alpha value is -1.05. The quantitative estimate of drug-likeness (QED) is 0.600. The van der Waals surface area contributed by atoms with Gasteiger partial charge < -0.3 is 5.32 Å². The van der Waals surface area contributed by atoms with Crippen LogP contribution in [0.3, 0.4) is 0 Å². The van der Waals surface area contributed by atoms with Gasteiger partial charge in [0.25, 0.3) is 0 Å². The lowest BCUT2D eigenvalue weighted by Gasteiger charge is -2.02. The van der Waals surface area contributed by atoms with Crippen molar-refractivity contribution in [1.29, 1.82) is 0 Å². The van der Waals surface area contributed by atoms with Crippen LogP contribution in [0.15, 0.2) is 18.5 Å². The lowest BCUT2D eigenvalue weighted by molar-refractivity contribution is 0.774. The first kappa shape index (κ1) is 5.58. The highest BCUT2D eigenvalue weighted by Gasteiger charge is 2.48. The highest BCUT2D eigenvalue weighted by Crippen LogP contribution is 2.53. The molecule has 0 atom stereocenters. The Bertz CT molecular complexity index is 302. The highest BCUT2D eigenvalue weighted by molar-refractivity contribution is 5.61. The van der Waals surface area contributed by atoms with Gasteiger partial charge in [0.15, 0.2) is 0 Å². The summed E-state index contributed by atoms with van der Waals surface area (Å²) in [6, 6.07) is 2.07. The van der Waals surface area contributed by atoms with Crippen molar-refractivity contribution in [2.45, 2.75) is 18.3 Å². The fourth-order valence-electron chi connectivity index (χ4n) is 1.93. The molecule has 0 unspecified atom stereocenters. The third-order valence-corrected chi connectivity index (χ3v) is 2.86. The number of aromatic nitrogens is 1. The van der Waals surface area contributed by atoms with Crippen LogP contribution >= 0.6 is 0 Å². The largest absolute Gasteiger partial charge is 0.384 e. The summed E-state index contributed by atoms with van der Waals surface area (Å²) in [5, 5.41) is 3.41. The second-order valence-electron chi connectivity index (χ2n) is 3.56. The standard InChI is InChI=1S/C9H10N2/c1-4-10-5-7-8(1)11-6-9(7)2-3-9/h1,4-5,11H,2-3,6H2. The summed E-state index contributed by atoms with van der Waals surface area (Å²) in [7, 11) is 0. The van der Waals surface area contributed by atoms with Gasteiger partial charge in [0.05, 0.1) is 0 Å². The molecule has 2 heterocycles. The first-order valence-corrected chi connectivity index (χ1v) is 4.09. The molecule has 2 aliphatic rings. The zero-order valence-corrected chi connectivity index (χ0v) is 6.30. The smallest absolute Gasteiger partial charge is 0.0410 e. The predicted molar refractivity (Wildman–Crippen MR) is 43.6 cm³/mol. The molecule has 1 N–H and O–H groups in total. The van der Waals surface area contributed by atoms with Crippen molar-refractivity contribution < 1.29 is 0 Å². The van der Waals surface area contributed by atoms with Gasteiger partial charge in [-0.2, -0.15) is 0 Å². The Balaban J connectivity index is 2.21. The molecule has 2 nitrogen and oxygen atoms in total. The van der Waals surface area contributed by atoms with Crippen LogP contribution in [-0.2, 0) is 5.41 Å². The first-order valence-electron chi connectivity index (χ1n) is 4.09. The topological polar surface area (TPSA) is 24.9 Å². The molecule has 1 spiro atoms. The summed E-state index contributed by atoms with van der Waals surface area (Å²) in [6.07, 6.45) is 6.56. The number of hydrogen-bond acceptors (Lipinski definition) is 2. The summed E-state index contributed by atoms with van der Waals surface area (Å²) in [6.45, 7) is 1.13. The van der Waals surface area contributed by atoms with Crippen LogP contribution in [0.4, 0.5) is 5.69 Å². The molecule has 0 bridgehead atoms. The van der Waals surface area contributed by atoms with Gasteiger partial charge in [0.1, 0.15) is 0 Å². The summed E-state index contributed by atoms with van der Waals surface area (Å²) < 4.78 is 0. The van der Waals surface area contributed by atoms with E-state index >= 15 is 0 Å². The maximum absolute atomic E-state index is 4.15. The van der Waals surface area contributed by atoms with E-state index in [0.29, 0.717) is 5.41 Å². The van der Waals surface area contributed by atoms with Crippen LogP contribution in [0.2, 0.25) is 0 Å². The summed E-state index contributed by atoms with van der Waals surface area (Å²) in [5.41, 5.74) is 3.25. The van der Waals surface area contributed by atoms with Gasteiger partial charge in [0, 0.05) is 35.6 Å². The van der Waals surface area contributed by atoms with Crippen LogP contribution in [0.25, 0.3) is 0 Å². The van der Waals surface area contributed by atoms with E-state index in [1.807, 2.05) is 12.4 Å². The fraction of sp³-hybridized carbons (Fsp3) is 0.444. The predicted octanol–water partition coefficient (Wildman–Crippen LogP) is 1.54. The first-order chi connectivity index (χ1) is 5.41. The van der Waals surface area contributed by atoms with Crippen molar-refractivity contribution in [3.05, 3.63) is 24.0 Å². The van der Waals surface area contributed by atoms with E-state index in [4.69, 9.17) is 0 Å². The minimum absolute atomic E-state index is 0.504. The number of hydrogen-bond donors (Lipinski definition) is 1. The Morgan fingerprint density at radius 1 is 1.45 bits per heavy atom. The lowest BCUT2D eigenvalue weighted by Crippen LogP contribution is -2.08. The van der Waals surface area contributed by atoms with E-state index in [1.54, 1.807) is 0 Å². The SMILES string of the molecule is c1cc2c(cn1)C1(CC1)CN2. The molecule has 3 rings (SSSR count). The molecule has 2 heteroatoms.